The molecule has 1 saturated carbocycles. The number of aryl methyl sites for hydroxylation is 1. The summed E-state index contributed by atoms with van der Waals surface area (Å²) in [6, 6.07) is 0. The van der Waals surface area contributed by atoms with Gasteiger partial charge in [0, 0.05) is 32.0 Å². The first-order valence-electron chi connectivity index (χ1n) is 8.04. The summed E-state index contributed by atoms with van der Waals surface area (Å²) in [6.45, 7) is 0.553. The van der Waals surface area contributed by atoms with Crippen LogP contribution in [0, 0.1) is 5.92 Å². The number of hydrogen-bond acceptors (Lipinski definition) is 5. The van der Waals surface area contributed by atoms with Crippen LogP contribution in [0.15, 0.2) is 12.4 Å². The standard InChI is InChI=1S/C15H20N6O2/c1-21-7-6-16-13(21)11-10(5-8-23-11)14(22)18-15-17-12(19-20-15)9-3-2-4-9/h6-7,9-11H,2-5,8H2,1H3,(H2,17,18,19,20,22)/t10-,11-/m1/s1. The monoisotopic (exact) mass is 316 g/mol. The van der Waals surface area contributed by atoms with Crippen LogP contribution in [-0.2, 0) is 16.6 Å². The first-order chi connectivity index (χ1) is 11.2. The number of aromatic nitrogens is 5. The summed E-state index contributed by atoms with van der Waals surface area (Å²) in [5.41, 5.74) is 0. The zero-order valence-corrected chi connectivity index (χ0v) is 13.0. The fourth-order valence-electron chi connectivity index (χ4n) is 3.16. The van der Waals surface area contributed by atoms with Gasteiger partial charge in [-0.2, -0.15) is 4.98 Å². The van der Waals surface area contributed by atoms with Gasteiger partial charge in [-0.1, -0.05) is 6.42 Å². The van der Waals surface area contributed by atoms with Gasteiger partial charge < -0.3 is 9.30 Å². The van der Waals surface area contributed by atoms with Gasteiger partial charge in [0.15, 0.2) is 0 Å². The van der Waals surface area contributed by atoms with Crippen LogP contribution in [0.4, 0.5) is 5.95 Å². The highest BCUT2D eigenvalue weighted by atomic mass is 16.5. The summed E-state index contributed by atoms with van der Waals surface area (Å²) < 4.78 is 7.61. The summed E-state index contributed by atoms with van der Waals surface area (Å²) in [5, 5.41) is 9.84. The van der Waals surface area contributed by atoms with Gasteiger partial charge in [-0.15, -0.1) is 5.10 Å². The molecule has 1 aliphatic carbocycles. The Kier molecular flexibility index (Phi) is 3.60. The molecule has 0 aromatic carbocycles. The molecule has 23 heavy (non-hydrogen) atoms. The van der Waals surface area contributed by atoms with E-state index in [0.717, 1.165) is 24.5 Å². The topological polar surface area (TPSA) is 97.7 Å². The molecule has 0 spiro atoms. The Morgan fingerprint density at radius 2 is 2.30 bits per heavy atom. The molecular formula is C15H20N6O2. The van der Waals surface area contributed by atoms with Gasteiger partial charge in [-0.25, -0.2) is 4.98 Å². The van der Waals surface area contributed by atoms with E-state index in [1.54, 1.807) is 6.20 Å². The van der Waals surface area contributed by atoms with Gasteiger partial charge in [0.25, 0.3) is 0 Å². The van der Waals surface area contributed by atoms with Crippen molar-refractivity contribution < 1.29 is 9.53 Å². The van der Waals surface area contributed by atoms with E-state index in [9.17, 15) is 4.79 Å². The lowest BCUT2D eigenvalue weighted by Crippen LogP contribution is -2.27. The predicted molar refractivity (Wildman–Crippen MR) is 81.6 cm³/mol. The summed E-state index contributed by atoms with van der Waals surface area (Å²) >= 11 is 0. The molecule has 0 bridgehead atoms. The molecule has 2 aromatic heterocycles. The van der Waals surface area contributed by atoms with Crippen molar-refractivity contribution in [2.75, 3.05) is 11.9 Å². The van der Waals surface area contributed by atoms with Crippen LogP contribution < -0.4 is 5.32 Å². The molecule has 0 unspecified atom stereocenters. The Morgan fingerprint density at radius 1 is 1.43 bits per heavy atom. The van der Waals surface area contributed by atoms with E-state index in [-0.39, 0.29) is 17.9 Å². The molecule has 1 amide bonds. The number of aromatic amines is 1. The Bertz CT molecular complexity index is 704. The third-order valence-corrected chi connectivity index (χ3v) is 4.77. The Balaban J connectivity index is 1.45. The molecule has 2 fully saturated rings. The number of carbonyl (C=O) groups excluding carboxylic acids is 1. The minimum absolute atomic E-state index is 0.116. The number of anilines is 1. The van der Waals surface area contributed by atoms with Crippen molar-refractivity contribution in [2.24, 2.45) is 13.0 Å². The molecule has 122 valence electrons. The quantitative estimate of drug-likeness (QED) is 0.891. The van der Waals surface area contributed by atoms with Crippen LogP contribution in [0.25, 0.3) is 0 Å². The number of ether oxygens (including phenoxy) is 1. The van der Waals surface area contributed by atoms with Crippen molar-refractivity contribution in [1.82, 2.24) is 24.7 Å². The van der Waals surface area contributed by atoms with Crippen molar-refractivity contribution in [1.29, 1.82) is 0 Å². The van der Waals surface area contributed by atoms with Crippen molar-refractivity contribution in [3.05, 3.63) is 24.0 Å². The van der Waals surface area contributed by atoms with Gasteiger partial charge in [0.05, 0.1) is 5.92 Å². The number of H-pyrrole nitrogens is 1. The fourth-order valence-corrected chi connectivity index (χ4v) is 3.16. The fraction of sp³-hybridized carbons (Fsp3) is 0.600. The minimum atomic E-state index is -0.319. The molecule has 1 aliphatic heterocycles. The summed E-state index contributed by atoms with van der Waals surface area (Å²) in [4.78, 5) is 21.3. The Labute approximate surface area is 133 Å². The number of rotatable bonds is 4. The van der Waals surface area contributed by atoms with Crippen LogP contribution in [0.3, 0.4) is 0 Å². The van der Waals surface area contributed by atoms with Gasteiger partial charge in [-0.05, 0) is 19.3 Å². The van der Waals surface area contributed by atoms with Gasteiger partial charge in [0.2, 0.25) is 11.9 Å². The number of hydrogen-bond donors (Lipinski definition) is 2. The van der Waals surface area contributed by atoms with Crippen LogP contribution in [-0.4, -0.2) is 37.2 Å². The van der Waals surface area contributed by atoms with E-state index in [4.69, 9.17) is 4.74 Å². The lowest BCUT2D eigenvalue weighted by molar-refractivity contribution is -0.121. The summed E-state index contributed by atoms with van der Waals surface area (Å²) in [5.74, 6) is 2.06. The molecule has 2 atom stereocenters. The van der Waals surface area contributed by atoms with Crippen LogP contribution >= 0.6 is 0 Å². The highest BCUT2D eigenvalue weighted by Crippen LogP contribution is 2.35. The molecule has 8 nitrogen and oxygen atoms in total. The largest absolute Gasteiger partial charge is 0.369 e. The van der Waals surface area contributed by atoms with Crippen molar-refractivity contribution in [3.8, 4) is 0 Å². The third-order valence-electron chi connectivity index (χ3n) is 4.77. The molecule has 2 N–H and O–H groups in total. The van der Waals surface area contributed by atoms with Crippen molar-refractivity contribution >= 4 is 11.9 Å². The first kappa shape index (κ1) is 14.4. The third kappa shape index (κ3) is 2.63. The molecule has 2 aliphatic rings. The van der Waals surface area contributed by atoms with Crippen molar-refractivity contribution in [2.45, 2.75) is 37.7 Å². The molecule has 1 saturated heterocycles. The lowest BCUT2D eigenvalue weighted by Gasteiger charge is -2.22. The van der Waals surface area contributed by atoms with Crippen LogP contribution in [0.1, 0.15) is 49.4 Å². The highest BCUT2D eigenvalue weighted by Gasteiger charge is 2.38. The second-order valence-electron chi connectivity index (χ2n) is 6.24. The average molecular weight is 316 g/mol. The van der Waals surface area contributed by atoms with E-state index < -0.39 is 0 Å². The predicted octanol–water partition coefficient (Wildman–Crippen LogP) is 1.52. The van der Waals surface area contributed by atoms with E-state index in [2.05, 4.69) is 25.5 Å². The molecule has 0 radical (unpaired) electrons. The smallest absolute Gasteiger partial charge is 0.248 e. The highest BCUT2D eigenvalue weighted by molar-refractivity contribution is 5.91. The van der Waals surface area contributed by atoms with Gasteiger partial charge >= 0.3 is 0 Å². The number of nitrogens with zero attached hydrogens (tertiary/aromatic N) is 4. The minimum Gasteiger partial charge on any atom is -0.369 e. The number of imidazole rings is 1. The van der Waals surface area contributed by atoms with E-state index in [1.165, 1.54) is 6.42 Å². The second kappa shape index (κ2) is 5.77. The number of amides is 1. The maximum atomic E-state index is 12.6. The molecule has 2 aromatic rings. The maximum absolute atomic E-state index is 12.6. The Hall–Kier alpha value is -2.22. The van der Waals surface area contributed by atoms with E-state index >= 15 is 0 Å². The van der Waals surface area contributed by atoms with E-state index in [0.29, 0.717) is 24.9 Å². The number of carbonyl (C=O) groups is 1. The molecule has 3 heterocycles. The van der Waals surface area contributed by atoms with Crippen LogP contribution in [0.5, 0.6) is 0 Å². The SMILES string of the molecule is Cn1ccnc1[C@@H]1OCC[C@H]1C(=O)Nc1n[nH]c(C2CCC2)n1. The van der Waals surface area contributed by atoms with Crippen LogP contribution in [0.2, 0.25) is 0 Å². The second-order valence-corrected chi connectivity index (χ2v) is 6.24. The number of nitrogens with one attached hydrogen (secondary N) is 2. The zero-order chi connectivity index (χ0) is 15.8. The first-order valence-corrected chi connectivity index (χ1v) is 8.04. The maximum Gasteiger partial charge on any atom is 0.248 e. The van der Waals surface area contributed by atoms with E-state index in [1.807, 2.05) is 17.8 Å². The molecule has 8 heteroatoms. The average Bonchev–Trinajstić information content (AvgIpc) is 3.17. The summed E-state index contributed by atoms with van der Waals surface area (Å²) in [7, 11) is 1.90. The molecular weight excluding hydrogens is 296 g/mol. The summed E-state index contributed by atoms with van der Waals surface area (Å²) in [6.07, 6.45) is 7.43. The normalized spacial score (nSPS) is 24.6. The lowest BCUT2D eigenvalue weighted by atomic mass is 9.85. The van der Waals surface area contributed by atoms with Gasteiger partial charge in [0.1, 0.15) is 17.8 Å². The Morgan fingerprint density at radius 3 is 3.00 bits per heavy atom. The van der Waals surface area contributed by atoms with Gasteiger partial charge in [-0.3, -0.25) is 15.2 Å². The zero-order valence-electron chi connectivity index (χ0n) is 13.0. The van der Waals surface area contributed by atoms with Crippen molar-refractivity contribution in [3.63, 3.8) is 0 Å². The molecule has 4 rings (SSSR count).